The summed E-state index contributed by atoms with van der Waals surface area (Å²) < 4.78 is 27.5. The quantitative estimate of drug-likeness (QED) is 0.816. The van der Waals surface area contributed by atoms with Gasteiger partial charge in [-0.15, -0.1) is 0 Å². The minimum absolute atomic E-state index is 0.126. The van der Waals surface area contributed by atoms with Gasteiger partial charge < -0.3 is 5.73 Å². The Morgan fingerprint density at radius 2 is 1.57 bits per heavy atom. The van der Waals surface area contributed by atoms with E-state index in [2.05, 4.69) is 0 Å². The van der Waals surface area contributed by atoms with E-state index in [4.69, 9.17) is 5.73 Å². The summed E-state index contributed by atoms with van der Waals surface area (Å²) in [5.74, 6) is -0.984. The summed E-state index contributed by atoms with van der Waals surface area (Å²) in [6, 6.07) is 11.5. The van der Waals surface area contributed by atoms with Crippen molar-refractivity contribution in [3.63, 3.8) is 0 Å². The molecular weight excluding hydrogens is 270 g/mol. The first-order chi connectivity index (χ1) is 10.1. The molecule has 4 heteroatoms. The van der Waals surface area contributed by atoms with Crippen LogP contribution in [0.3, 0.4) is 0 Å². The number of nitrogens with zero attached hydrogens (tertiary/aromatic N) is 1. The predicted molar refractivity (Wildman–Crippen MR) is 81.6 cm³/mol. The molecule has 2 N–H and O–H groups in total. The van der Waals surface area contributed by atoms with Gasteiger partial charge in [-0.3, -0.25) is 4.90 Å². The van der Waals surface area contributed by atoms with Crippen molar-refractivity contribution in [3.05, 3.63) is 65.2 Å². The molecule has 0 aliphatic rings. The second kappa shape index (κ2) is 7.18. The molecule has 112 valence electrons. The Morgan fingerprint density at radius 3 is 2.14 bits per heavy atom. The molecule has 0 aliphatic heterocycles. The van der Waals surface area contributed by atoms with Gasteiger partial charge in [0.15, 0.2) is 0 Å². The van der Waals surface area contributed by atoms with Crippen LogP contribution in [0, 0.1) is 11.6 Å². The highest BCUT2D eigenvalue weighted by Gasteiger charge is 2.13. The van der Waals surface area contributed by atoms with Crippen LogP contribution in [0.15, 0.2) is 42.5 Å². The van der Waals surface area contributed by atoms with Crippen molar-refractivity contribution >= 4 is 5.69 Å². The van der Waals surface area contributed by atoms with E-state index in [0.29, 0.717) is 12.2 Å². The Balaban J connectivity index is 2.13. The summed E-state index contributed by atoms with van der Waals surface area (Å²) in [4.78, 5) is 2.03. The zero-order valence-corrected chi connectivity index (χ0v) is 12.2. The third-order valence-electron chi connectivity index (χ3n) is 3.37. The average Bonchev–Trinajstić information content (AvgIpc) is 2.45. The number of hydrogen-bond acceptors (Lipinski definition) is 2. The molecule has 0 fully saturated rings. The zero-order chi connectivity index (χ0) is 15.2. The molecule has 0 atom stereocenters. The number of anilines is 1. The highest BCUT2D eigenvalue weighted by molar-refractivity contribution is 5.39. The van der Waals surface area contributed by atoms with Gasteiger partial charge in [-0.05, 0) is 42.8 Å². The Labute approximate surface area is 124 Å². The lowest BCUT2D eigenvalue weighted by atomic mass is 10.1. The van der Waals surface area contributed by atoms with Crippen LogP contribution >= 0.6 is 0 Å². The number of rotatable bonds is 6. The third kappa shape index (κ3) is 4.26. The van der Waals surface area contributed by atoms with Crippen LogP contribution in [0.5, 0.6) is 0 Å². The van der Waals surface area contributed by atoms with Gasteiger partial charge in [-0.2, -0.15) is 0 Å². The number of hydrogen-bond donors (Lipinski definition) is 1. The van der Waals surface area contributed by atoms with Gasteiger partial charge in [0, 0.05) is 24.3 Å². The first-order valence-corrected chi connectivity index (χ1v) is 7.09. The fourth-order valence-corrected chi connectivity index (χ4v) is 2.32. The lowest BCUT2D eigenvalue weighted by Gasteiger charge is -2.22. The highest BCUT2D eigenvalue weighted by atomic mass is 19.1. The molecule has 0 saturated heterocycles. The smallest absolute Gasteiger partial charge is 0.130 e. The van der Waals surface area contributed by atoms with E-state index < -0.39 is 11.6 Å². The molecule has 2 aromatic rings. The fraction of sp³-hybridized carbons (Fsp3) is 0.294. The van der Waals surface area contributed by atoms with Crippen molar-refractivity contribution in [1.82, 2.24) is 4.90 Å². The van der Waals surface area contributed by atoms with Crippen LogP contribution in [-0.4, -0.2) is 11.4 Å². The lowest BCUT2D eigenvalue weighted by Crippen LogP contribution is -2.24. The first kappa shape index (κ1) is 15.4. The second-order valence-electron chi connectivity index (χ2n) is 5.15. The molecule has 2 nitrogen and oxygen atoms in total. The van der Waals surface area contributed by atoms with Crippen LogP contribution in [0.1, 0.15) is 24.5 Å². The number of nitrogen functional groups attached to an aromatic ring is 1. The monoisotopic (exact) mass is 290 g/mol. The van der Waals surface area contributed by atoms with Gasteiger partial charge in [-0.25, -0.2) is 8.78 Å². The Kier molecular flexibility index (Phi) is 5.28. The maximum atomic E-state index is 13.8. The van der Waals surface area contributed by atoms with Crippen molar-refractivity contribution in [2.45, 2.75) is 26.4 Å². The van der Waals surface area contributed by atoms with E-state index >= 15 is 0 Å². The molecule has 2 rings (SSSR count). The van der Waals surface area contributed by atoms with Gasteiger partial charge in [-0.1, -0.05) is 25.1 Å². The molecule has 0 amide bonds. The molecule has 0 heterocycles. The summed E-state index contributed by atoms with van der Waals surface area (Å²) in [5, 5.41) is 0. The molecule has 0 spiro atoms. The van der Waals surface area contributed by atoms with E-state index in [9.17, 15) is 8.78 Å². The standard InChI is InChI=1S/C17H20F2N2/c1-2-10-21(11-13-6-8-14(20)9-7-13)12-15-16(18)4-3-5-17(15)19/h3-9H,2,10-12,20H2,1H3. The molecular formula is C17H20F2N2. The Hall–Kier alpha value is -1.94. The van der Waals surface area contributed by atoms with E-state index in [0.717, 1.165) is 18.5 Å². The summed E-state index contributed by atoms with van der Waals surface area (Å²) in [7, 11) is 0. The van der Waals surface area contributed by atoms with Gasteiger partial charge >= 0.3 is 0 Å². The van der Waals surface area contributed by atoms with Crippen molar-refractivity contribution in [3.8, 4) is 0 Å². The van der Waals surface area contributed by atoms with Crippen LogP contribution in [0.25, 0.3) is 0 Å². The molecule has 0 aromatic heterocycles. The van der Waals surface area contributed by atoms with Crippen molar-refractivity contribution in [2.24, 2.45) is 0 Å². The van der Waals surface area contributed by atoms with Crippen LogP contribution in [0.4, 0.5) is 14.5 Å². The van der Waals surface area contributed by atoms with Gasteiger partial charge in [0.2, 0.25) is 0 Å². The maximum Gasteiger partial charge on any atom is 0.130 e. The Morgan fingerprint density at radius 1 is 0.952 bits per heavy atom. The first-order valence-electron chi connectivity index (χ1n) is 7.09. The summed E-state index contributed by atoms with van der Waals surface area (Å²) in [5.41, 5.74) is 7.58. The van der Waals surface area contributed by atoms with E-state index in [1.54, 1.807) is 0 Å². The van der Waals surface area contributed by atoms with E-state index in [1.165, 1.54) is 18.2 Å². The number of benzene rings is 2. The molecule has 0 saturated carbocycles. The minimum atomic E-state index is -0.492. The number of halogens is 2. The molecule has 21 heavy (non-hydrogen) atoms. The van der Waals surface area contributed by atoms with Gasteiger partial charge in [0.1, 0.15) is 11.6 Å². The highest BCUT2D eigenvalue weighted by Crippen LogP contribution is 2.17. The average molecular weight is 290 g/mol. The Bertz CT molecular complexity index is 562. The summed E-state index contributed by atoms with van der Waals surface area (Å²) >= 11 is 0. The van der Waals surface area contributed by atoms with Crippen LogP contribution in [0.2, 0.25) is 0 Å². The molecule has 0 radical (unpaired) electrons. The van der Waals surface area contributed by atoms with Gasteiger partial charge in [0.05, 0.1) is 0 Å². The van der Waals surface area contributed by atoms with Crippen LogP contribution < -0.4 is 5.73 Å². The van der Waals surface area contributed by atoms with Gasteiger partial charge in [0.25, 0.3) is 0 Å². The molecule has 0 unspecified atom stereocenters. The largest absolute Gasteiger partial charge is 0.399 e. The zero-order valence-electron chi connectivity index (χ0n) is 12.2. The summed E-state index contributed by atoms with van der Waals surface area (Å²) in [6.45, 7) is 3.73. The lowest BCUT2D eigenvalue weighted by molar-refractivity contribution is 0.249. The second-order valence-corrected chi connectivity index (χ2v) is 5.15. The van der Waals surface area contributed by atoms with Crippen LogP contribution in [-0.2, 0) is 13.1 Å². The van der Waals surface area contributed by atoms with E-state index in [-0.39, 0.29) is 12.1 Å². The normalized spacial score (nSPS) is 11.0. The number of nitrogens with two attached hydrogens (primary N) is 1. The van der Waals surface area contributed by atoms with Crippen molar-refractivity contribution < 1.29 is 8.78 Å². The molecule has 2 aromatic carbocycles. The fourth-order valence-electron chi connectivity index (χ4n) is 2.32. The van der Waals surface area contributed by atoms with E-state index in [1.807, 2.05) is 36.1 Å². The predicted octanol–water partition coefficient (Wildman–Crippen LogP) is 3.96. The summed E-state index contributed by atoms with van der Waals surface area (Å²) in [6.07, 6.45) is 0.922. The molecule has 0 aliphatic carbocycles. The maximum absolute atomic E-state index is 13.8. The third-order valence-corrected chi connectivity index (χ3v) is 3.37. The minimum Gasteiger partial charge on any atom is -0.399 e. The molecule has 0 bridgehead atoms. The van der Waals surface area contributed by atoms with Crippen molar-refractivity contribution in [1.29, 1.82) is 0 Å². The van der Waals surface area contributed by atoms with Crippen molar-refractivity contribution in [2.75, 3.05) is 12.3 Å². The topological polar surface area (TPSA) is 29.3 Å². The SMILES string of the molecule is CCCN(Cc1ccc(N)cc1)Cc1c(F)cccc1F.